The van der Waals surface area contributed by atoms with Crippen molar-refractivity contribution < 1.29 is 19.0 Å². The number of hydrogen-bond acceptors (Lipinski definition) is 5. The van der Waals surface area contributed by atoms with E-state index in [9.17, 15) is 4.79 Å². The molecule has 5 heteroatoms. The fraction of sp³-hybridized carbons (Fsp3) is 0.480. The van der Waals surface area contributed by atoms with Gasteiger partial charge in [-0.1, -0.05) is 36.8 Å². The molecule has 0 aliphatic rings. The van der Waals surface area contributed by atoms with Crippen molar-refractivity contribution in [1.29, 1.82) is 0 Å². The van der Waals surface area contributed by atoms with E-state index < -0.39 is 0 Å². The summed E-state index contributed by atoms with van der Waals surface area (Å²) in [6.07, 6.45) is 2.88. The van der Waals surface area contributed by atoms with Crippen LogP contribution < -0.4 is 9.47 Å². The normalized spacial score (nSPS) is 11.9. The first-order chi connectivity index (χ1) is 14.5. The van der Waals surface area contributed by atoms with Gasteiger partial charge in [-0.3, -0.25) is 0 Å². The molecule has 0 spiro atoms. The molecule has 1 unspecified atom stereocenters. The summed E-state index contributed by atoms with van der Waals surface area (Å²) in [6.45, 7) is 9.01. The van der Waals surface area contributed by atoms with Crippen LogP contribution in [-0.2, 0) is 11.2 Å². The fourth-order valence-corrected chi connectivity index (χ4v) is 3.51. The maximum absolute atomic E-state index is 12.3. The molecule has 0 aliphatic heterocycles. The maximum atomic E-state index is 12.3. The Kier molecular flexibility index (Phi) is 9.68. The van der Waals surface area contributed by atoms with E-state index >= 15 is 0 Å². The summed E-state index contributed by atoms with van der Waals surface area (Å²) in [5.41, 5.74) is 3.13. The highest BCUT2D eigenvalue weighted by Crippen LogP contribution is 2.27. The van der Waals surface area contributed by atoms with Gasteiger partial charge in [0.25, 0.3) is 0 Å². The highest BCUT2D eigenvalue weighted by molar-refractivity contribution is 5.90. The van der Waals surface area contributed by atoms with Crippen LogP contribution in [0.2, 0.25) is 0 Å². The molecule has 2 aromatic carbocycles. The number of ether oxygens (including phenoxy) is 3. The molecule has 0 saturated carbocycles. The Bertz CT molecular complexity index is 788. The molecule has 1 atom stereocenters. The van der Waals surface area contributed by atoms with E-state index in [2.05, 4.69) is 49.9 Å². The van der Waals surface area contributed by atoms with Gasteiger partial charge in [0, 0.05) is 6.04 Å². The molecule has 0 bridgehead atoms. The smallest absolute Gasteiger partial charge is 0.338 e. The molecule has 0 heterocycles. The standard InChI is InChI=1S/C25H35NO4/c1-6-26(20(3)17-21-11-9-19(2)10-12-21)15-7-8-16-30-25(27)22-13-14-23(28-4)24(18-22)29-5/h9-14,18,20H,6-8,15-17H2,1-5H3. The predicted molar refractivity (Wildman–Crippen MR) is 121 cm³/mol. The maximum Gasteiger partial charge on any atom is 0.338 e. The zero-order valence-electron chi connectivity index (χ0n) is 18.9. The predicted octanol–water partition coefficient (Wildman–Crippen LogP) is 4.90. The summed E-state index contributed by atoms with van der Waals surface area (Å²) in [7, 11) is 3.11. The first-order valence-electron chi connectivity index (χ1n) is 10.7. The van der Waals surface area contributed by atoms with Gasteiger partial charge in [-0.05, 0) is 70.0 Å². The average molecular weight is 414 g/mol. The van der Waals surface area contributed by atoms with E-state index in [1.54, 1.807) is 32.4 Å². The third kappa shape index (κ3) is 7.06. The Hall–Kier alpha value is -2.53. The van der Waals surface area contributed by atoms with Crippen LogP contribution in [0.25, 0.3) is 0 Å². The van der Waals surface area contributed by atoms with Crippen molar-refractivity contribution in [3.05, 3.63) is 59.2 Å². The van der Waals surface area contributed by atoms with E-state index in [1.807, 2.05) is 0 Å². The van der Waals surface area contributed by atoms with E-state index in [0.717, 1.165) is 32.4 Å². The van der Waals surface area contributed by atoms with Crippen LogP contribution in [0.1, 0.15) is 48.2 Å². The molecule has 5 nitrogen and oxygen atoms in total. The zero-order valence-corrected chi connectivity index (χ0v) is 18.9. The second-order valence-corrected chi connectivity index (χ2v) is 7.58. The highest BCUT2D eigenvalue weighted by Gasteiger charge is 2.14. The van der Waals surface area contributed by atoms with E-state index in [0.29, 0.717) is 29.7 Å². The Morgan fingerprint density at radius 3 is 2.33 bits per heavy atom. The molecule has 2 rings (SSSR count). The van der Waals surface area contributed by atoms with Gasteiger partial charge in [0.15, 0.2) is 11.5 Å². The lowest BCUT2D eigenvalue weighted by molar-refractivity contribution is 0.0493. The first kappa shape index (κ1) is 23.7. The molecule has 0 N–H and O–H groups in total. The van der Waals surface area contributed by atoms with Crippen LogP contribution in [0.15, 0.2) is 42.5 Å². The number of nitrogens with zero attached hydrogens (tertiary/aromatic N) is 1. The molecule has 0 radical (unpaired) electrons. The summed E-state index contributed by atoms with van der Waals surface area (Å²) in [4.78, 5) is 14.8. The largest absolute Gasteiger partial charge is 0.493 e. The fourth-order valence-electron chi connectivity index (χ4n) is 3.51. The second kappa shape index (κ2) is 12.2. The number of carbonyl (C=O) groups is 1. The average Bonchev–Trinajstić information content (AvgIpc) is 2.76. The second-order valence-electron chi connectivity index (χ2n) is 7.58. The van der Waals surface area contributed by atoms with Gasteiger partial charge in [-0.15, -0.1) is 0 Å². The summed E-state index contributed by atoms with van der Waals surface area (Å²) in [6, 6.07) is 14.3. The lowest BCUT2D eigenvalue weighted by Crippen LogP contribution is -2.35. The number of rotatable bonds is 12. The molecule has 0 aliphatic carbocycles. The molecule has 0 amide bonds. The summed E-state index contributed by atoms with van der Waals surface area (Å²) in [5, 5.41) is 0. The molecule has 0 fully saturated rings. The Balaban J connectivity index is 1.73. The number of methoxy groups -OCH3 is 2. The van der Waals surface area contributed by atoms with Crippen molar-refractivity contribution in [2.45, 2.75) is 46.1 Å². The minimum atomic E-state index is -0.337. The van der Waals surface area contributed by atoms with E-state index in [4.69, 9.17) is 14.2 Å². The Morgan fingerprint density at radius 2 is 1.70 bits per heavy atom. The van der Waals surface area contributed by atoms with Crippen molar-refractivity contribution in [1.82, 2.24) is 4.90 Å². The van der Waals surface area contributed by atoms with Gasteiger partial charge in [-0.2, -0.15) is 0 Å². The third-order valence-electron chi connectivity index (χ3n) is 5.37. The Labute approximate surface area is 180 Å². The van der Waals surface area contributed by atoms with E-state index in [1.165, 1.54) is 11.1 Å². The minimum Gasteiger partial charge on any atom is -0.493 e. The molecular weight excluding hydrogens is 378 g/mol. The number of likely N-dealkylation sites (N-methyl/N-ethyl adjacent to an activating group) is 1. The van der Waals surface area contributed by atoms with Crippen LogP contribution in [-0.4, -0.2) is 50.8 Å². The lowest BCUT2D eigenvalue weighted by atomic mass is 10.0. The SMILES string of the molecule is CCN(CCCCOC(=O)c1ccc(OC)c(OC)c1)C(C)Cc1ccc(C)cc1. The highest BCUT2D eigenvalue weighted by atomic mass is 16.5. The van der Waals surface area contributed by atoms with Gasteiger partial charge < -0.3 is 19.1 Å². The number of carbonyl (C=O) groups excluding carboxylic acids is 1. The summed E-state index contributed by atoms with van der Waals surface area (Å²) < 4.78 is 15.9. The van der Waals surface area contributed by atoms with Crippen LogP contribution in [0.4, 0.5) is 0 Å². The van der Waals surface area contributed by atoms with Crippen LogP contribution in [0.5, 0.6) is 11.5 Å². The van der Waals surface area contributed by atoms with Gasteiger partial charge in [0.2, 0.25) is 0 Å². The van der Waals surface area contributed by atoms with Crippen LogP contribution >= 0.6 is 0 Å². The topological polar surface area (TPSA) is 48.0 Å². The molecule has 0 aromatic heterocycles. The number of esters is 1. The van der Waals surface area contributed by atoms with Gasteiger partial charge in [0.05, 0.1) is 26.4 Å². The molecular formula is C25H35NO4. The van der Waals surface area contributed by atoms with Crippen molar-refractivity contribution >= 4 is 5.97 Å². The molecule has 164 valence electrons. The monoisotopic (exact) mass is 413 g/mol. The summed E-state index contributed by atoms with van der Waals surface area (Å²) in [5.74, 6) is 0.776. The Morgan fingerprint density at radius 1 is 1.00 bits per heavy atom. The van der Waals surface area contributed by atoms with Crippen molar-refractivity contribution in [3.8, 4) is 11.5 Å². The van der Waals surface area contributed by atoms with Gasteiger partial charge in [0.1, 0.15) is 0 Å². The van der Waals surface area contributed by atoms with E-state index in [-0.39, 0.29) is 5.97 Å². The van der Waals surface area contributed by atoms with Crippen LogP contribution in [0, 0.1) is 6.92 Å². The number of aryl methyl sites for hydroxylation is 1. The minimum absolute atomic E-state index is 0.337. The molecule has 0 saturated heterocycles. The molecule has 30 heavy (non-hydrogen) atoms. The molecule has 2 aromatic rings. The third-order valence-corrected chi connectivity index (χ3v) is 5.37. The van der Waals surface area contributed by atoms with Gasteiger partial charge >= 0.3 is 5.97 Å². The quantitative estimate of drug-likeness (QED) is 0.366. The number of benzene rings is 2. The zero-order chi connectivity index (χ0) is 21.9. The number of unbranched alkanes of at least 4 members (excludes halogenated alkanes) is 1. The van der Waals surface area contributed by atoms with Crippen LogP contribution in [0.3, 0.4) is 0 Å². The number of hydrogen-bond donors (Lipinski definition) is 0. The lowest BCUT2D eigenvalue weighted by Gasteiger charge is -2.28. The van der Waals surface area contributed by atoms with Crippen molar-refractivity contribution in [2.75, 3.05) is 33.9 Å². The van der Waals surface area contributed by atoms with Gasteiger partial charge in [-0.25, -0.2) is 4.79 Å². The summed E-state index contributed by atoms with van der Waals surface area (Å²) >= 11 is 0. The van der Waals surface area contributed by atoms with Crippen molar-refractivity contribution in [3.63, 3.8) is 0 Å². The van der Waals surface area contributed by atoms with Crippen molar-refractivity contribution in [2.24, 2.45) is 0 Å². The first-order valence-corrected chi connectivity index (χ1v) is 10.7.